The molecule has 0 aromatic carbocycles. The van der Waals surface area contributed by atoms with Gasteiger partial charge in [0.05, 0.1) is 5.56 Å². The van der Waals surface area contributed by atoms with Crippen molar-refractivity contribution in [2.24, 2.45) is 0 Å². The van der Waals surface area contributed by atoms with E-state index in [1.54, 1.807) is 12.3 Å². The second kappa shape index (κ2) is 5.32. The van der Waals surface area contributed by atoms with Crippen molar-refractivity contribution < 1.29 is 4.79 Å². The summed E-state index contributed by atoms with van der Waals surface area (Å²) in [5.41, 5.74) is 1.02. The van der Waals surface area contributed by atoms with Gasteiger partial charge in [-0.15, -0.1) is 0 Å². The Morgan fingerprint density at radius 1 is 1.47 bits per heavy atom. The number of carbonyl (C=O) groups is 1. The molecule has 17 heavy (non-hydrogen) atoms. The van der Waals surface area contributed by atoms with E-state index in [9.17, 15) is 4.79 Å². The van der Waals surface area contributed by atoms with E-state index >= 15 is 0 Å². The summed E-state index contributed by atoms with van der Waals surface area (Å²) < 4.78 is 0. The lowest BCUT2D eigenvalue weighted by Crippen LogP contribution is -2.40. The molecule has 0 fully saturated rings. The van der Waals surface area contributed by atoms with Crippen molar-refractivity contribution in [3.8, 4) is 0 Å². The van der Waals surface area contributed by atoms with E-state index in [1.807, 2.05) is 39.8 Å². The summed E-state index contributed by atoms with van der Waals surface area (Å²) in [6, 6.07) is 1.58. The molecule has 0 aliphatic rings. The van der Waals surface area contributed by atoms with Crippen molar-refractivity contribution in [3.05, 3.63) is 34.6 Å². The molecule has 0 atom stereocenters. The second-order valence-corrected chi connectivity index (χ2v) is 5.19. The summed E-state index contributed by atoms with van der Waals surface area (Å²) in [6.07, 6.45) is 5.29. The largest absolute Gasteiger partial charge is 0.347 e. The molecule has 1 rings (SSSR count). The minimum absolute atomic E-state index is 0.144. The molecule has 0 radical (unpaired) electrons. The van der Waals surface area contributed by atoms with Gasteiger partial charge < -0.3 is 5.32 Å². The summed E-state index contributed by atoms with van der Waals surface area (Å²) in [7, 11) is 0. The Morgan fingerprint density at radius 2 is 2.12 bits per heavy atom. The smallest absolute Gasteiger partial charge is 0.252 e. The van der Waals surface area contributed by atoms with Gasteiger partial charge in [0.2, 0.25) is 0 Å². The van der Waals surface area contributed by atoms with Crippen molar-refractivity contribution in [1.29, 1.82) is 0 Å². The maximum absolute atomic E-state index is 12.1. The monoisotopic (exact) mass is 252 g/mol. The quantitative estimate of drug-likeness (QED) is 0.821. The molecule has 0 saturated heterocycles. The topological polar surface area (TPSA) is 42.0 Å². The lowest BCUT2D eigenvalue weighted by Gasteiger charge is -2.21. The van der Waals surface area contributed by atoms with Crippen LogP contribution in [-0.4, -0.2) is 16.4 Å². The van der Waals surface area contributed by atoms with E-state index in [4.69, 9.17) is 11.6 Å². The first-order chi connectivity index (χ1) is 7.83. The number of carbonyl (C=O) groups excluding carboxylic acids is 1. The predicted octanol–water partition coefficient (Wildman–Crippen LogP) is 3.30. The Hall–Kier alpha value is -1.35. The molecule has 1 heterocycles. The van der Waals surface area contributed by atoms with Gasteiger partial charge in [0.15, 0.2) is 0 Å². The van der Waals surface area contributed by atoms with Crippen LogP contribution >= 0.6 is 11.6 Å². The Morgan fingerprint density at radius 3 is 2.65 bits per heavy atom. The van der Waals surface area contributed by atoms with Crippen molar-refractivity contribution in [2.75, 3.05) is 0 Å². The Kier molecular flexibility index (Phi) is 4.29. The fourth-order valence-corrected chi connectivity index (χ4v) is 1.52. The molecular weight excluding hydrogens is 236 g/mol. The molecule has 1 aromatic heterocycles. The summed E-state index contributed by atoms with van der Waals surface area (Å²) in [5, 5.41) is 3.22. The zero-order valence-electron chi connectivity index (χ0n) is 10.5. The molecule has 0 unspecified atom stereocenters. The van der Waals surface area contributed by atoms with Gasteiger partial charge in [-0.3, -0.25) is 4.79 Å². The van der Waals surface area contributed by atoms with E-state index in [1.165, 1.54) is 0 Å². The van der Waals surface area contributed by atoms with Gasteiger partial charge in [0.25, 0.3) is 5.91 Å². The predicted molar refractivity (Wildman–Crippen MR) is 71.2 cm³/mol. The average Bonchev–Trinajstić information content (AvgIpc) is 2.18. The SMILES string of the molecule is C/C=C/c1cnc(Cl)cc1C(=O)NC(C)(C)C. The average molecular weight is 253 g/mol. The van der Waals surface area contributed by atoms with E-state index in [2.05, 4.69) is 10.3 Å². The van der Waals surface area contributed by atoms with Gasteiger partial charge in [-0.2, -0.15) is 0 Å². The molecular formula is C13H17ClN2O. The Balaban J connectivity index is 3.11. The number of hydrogen-bond acceptors (Lipinski definition) is 2. The van der Waals surface area contributed by atoms with Crippen LogP contribution < -0.4 is 5.32 Å². The number of allylic oxidation sites excluding steroid dienone is 1. The van der Waals surface area contributed by atoms with Crippen molar-refractivity contribution >= 4 is 23.6 Å². The van der Waals surface area contributed by atoms with Crippen molar-refractivity contribution in [1.82, 2.24) is 10.3 Å². The van der Waals surface area contributed by atoms with Crippen LogP contribution in [0.4, 0.5) is 0 Å². The van der Waals surface area contributed by atoms with Gasteiger partial charge in [-0.25, -0.2) is 4.98 Å². The number of nitrogens with zero attached hydrogens (tertiary/aromatic N) is 1. The third-order valence-electron chi connectivity index (χ3n) is 1.98. The molecule has 1 N–H and O–H groups in total. The van der Waals surface area contributed by atoms with E-state index < -0.39 is 0 Å². The highest BCUT2D eigenvalue weighted by molar-refractivity contribution is 6.29. The number of halogens is 1. The molecule has 0 saturated carbocycles. The number of rotatable bonds is 2. The molecule has 0 aliphatic heterocycles. The lowest BCUT2D eigenvalue weighted by atomic mass is 10.1. The summed E-state index contributed by atoms with van der Waals surface area (Å²) in [4.78, 5) is 16.0. The third-order valence-corrected chi connectivity index (χ3v) is 2.19. The van der Waals surface area contributed by atoms with Crippen LogP contribution in [0, 0.1) is 0 Å². The molecule has 1 aromatic rings. The van der Waals surface area contributed by atoms with Crippen LogP contribution in [0.2, 0.25) is 5.15 Å². The molecule has 0 bridgehead atoms. The van der Waals surface area contributed by atoms with E-state index in [0.29, 0.717) is 10.7 Å². The molecule has 1 amide bonds. The maximum atomic E-state index is 12.1. The van der Waals surface area contributed by atoms with Crippen molar-refractivity contribution in [3.63, 3.8) is 0 Å². The molecule has 4 heteroatoms. The number of hydrogen-bond donors (Lipinski definition) is 1. The third kappa shape index (κ3) is 4.19. The van der Waals surface area contributed by atoms with Crippen LogP contribution in [-0.2, 0) is 0 Å². The van der Waals surface area contributed by atoms with E-state index in [0.717, 1.165) is 5.56 Å². The summed E-state index contributed by atoms with van der Waals surface area (Å²) in [5.74, 6) is -0.144. The number of aromatic nitrogens is 1. The number of amides is 1. The standard InChI is InChI=1S/C13H17ClN2O/c1-5-6-9-8-15-11(14)7-10(9)12(17)16-13(2,3)4/h5-8H,1-4H3,(H,16,17)/b6-5+. The zero-order chi connectivity index (χ0) is 13.1. The van der Waals surface area contributed by atoms with Gasteiger partial charge in [0.1, 0.15) is 5.15 Å². The fourth-order valence-electron chi connectivity index (χ4n) is 1.36. The van der Waals surface area contributed by atoms with Crippen LogP contribution in [0.15, 0.2) is 18.3 Å². The van der Waals surface area contributed by atoms with Crippen molar-refractivity contribution in [2.45, 2.75) is 33.2 Å². The second-order valence-electron chi connectivity index (χ2n) is 4.80. The van der Waals surface area contributed by atoms with Crippen LogP contribution in [0.5, 0.6) is 0 Å². The highest BCUT2D eigenvalue weighted by Gasteiger charge is 2.17. The fraction of sp³-hybridized carbons (Fsp3) is 0.385. The first-order valence-corrected chi connectivity index (χ1v) is 5.82. The van der Waals surface area contributed by atoms with Gasteiger partial charge in [0, 0.05) is 17.3 Å². The lowest BCUT2D eigenvalue weighted by molar-refractivity contribution is 0.0919. The normalized spacial score (nSPS) is 11.8. The highest BCUT2D eigenvalue weighted by Crippen LogP contribution is 2.16. The molecule has 0 spiro atoms. The first-order valence-electron chi connectivity index (χ1n) is 5.44. The van der Waals surface area contributed by atoms with Gasteiger partial charge in [-0.05, 0) is 33.8 Å². The van der Waals surface area contributed by atoms with Gasteiger partial charge in [-0.1, -0.05) is 23.8 Å². The molecule has 92 valence electrons. The zero-order valence-corrected chi connectivity index (χ0v) is 11.3. The Bertz CT molecular complexity index is 447. The molecule has 3 nitrogen and oxygen atoms in total. The summed E-state index contributed by atoms with van der Waals surface area (Å²) >= 11 is 5.82. The molecule has 0 aliphatic carbocycles. The Labute approximate surface area is 107 Å². The summed E-state index contributed by atoms with van der Waals surface area (Å²) in [6.45, 7) is 7.69. The van der Waals surface area contributed by atoms with Crippen LogP contribution in [0.3, 0.4) is 0 Å². The minimum atomic E-state index is -0.278. The highest BCUT2D eigenvalue weighted by atomic mass is 35.5. The minimum Gasteiger partial charge on any atom is -0.347 e. The first kappa shape index (κ1) is 13.7. The van der Waals surface area contributed by atoms with Gasteiger partial charge >= 0.3 is 0 Å². The number of pyridine rings is 1. The van der Waals surface area contributed by atoms with Crippen LogP contribution in [0.25, 0.3) is 6.08 Å². The number of nitrogens with one attached hydrogen (secondary N) is 1. The van der Waals surface area contributed by atoms with Crippen LogP contribution in [0.1, 0.15) is 43.6 Å². The maximum Gasteiger partial charge on any atom is 0.252 e. The van der Waals surface area contributed by atoms with E-state index in [-0.39, 0.29) is 11.4 Å².